The minimum Gasteiger partial charge on any atom is -0.486 e. The highest BCUT2D eigenvalue weighted by molar-refractivity contribution is 5.97. The number of allylic oxidation sites excluding steroid dienone is 1. The molecule has 2 heteroatoms. The second-order valence-corrected chi connectivity index (χ2v) is 5.17. The third-order valence-electron chi connectivity index (χ3n) is 4.13. The van der Waals surface area contributed by atoms with Gasteiger partial charge in [0.1, 0.15) is 11.4 Å². The zero-order chi connectivity index (χ0) is 12.6. The van der Waals surface area contributed by atoms with Crippen LogP contribution in [0.25, 0.3) is 0 Å². The highest BCUT2D eigenvalue weighted by Crippen LogP contribution is 2.47. The largest absolute Gasteiger partial charge is 0.486 e. The molecule has 3 rings (SSSR count). The van der Waals surface area contributed by atoms with Gasteiger partial charge in [0.25, 0.3) is 0 Å². The van der Waals surface area contributed by atoms with E-state index in [0.29, 0.717) is 12.2 Å². The second kappa shape index (κ2) is 4.27. The first-order valence-corrected chi connectivity index (χ1v) is 6.75. The van der Waals surface area contributed by atoms with Crippen LogP contribution in [0.3, 0.4) is 0 Å². The number of ether oxygens (including phenoxy) is 1. The Hall–Kier alpha value is -1.57. The van der Waals surface area contributed by atoms with Crippen molar-refractivity contribution >= 4 is 5.78 Å². The Morgan fingerprint density at radius 2 is 2.00 bits per heavy atom. The summed E-state index contributed by atoms with van der Waals surface area (Å²) < 4.78 is 6.22. The molecule has 1 unspecified atom stereocenters. The van der Waals surface area contributed by atoms with Crippen LogP contribution in [0.15, 0.2) is 41.7 Å². The van der Waals surface area contributed by atoms with Crippen molar-refractivity contribution < 1.29 is 9.53 Å². The summed E-state index contributed by atoms with van der Waals surface area (Å²) in [5, 5.41) is 0. The van der Waals surface area contributed by atoms with E-state index in [2.05, 4.69) is 19.1 Å². The van der Waals surface area contributed by atoms with Crippen LogP contribution in [0, 0.1) is 0 Å². The third kappa shape index (κ3) is 1.67. The lowest BCUT2D eigenvalue weighted by Crippen LogP contribution is -2.24. The normalized spacial score (nSPS) is 27.1. The predicted molar refractivity (Wildman–Crippen MR) is 70.0 cm³/mol. The Morgan fingerprint density at radius 1 is 1.22 bits per heavy atom. The zero-order valence-electron chi connectivity index (χ0n) is 10.7. The molecule has 1 heterocycles. The number of carbonyl (C=O) groups is 1. The van der Waals surface area contributed by atoms with E-state index in [1.807, 2.05) is 18.2 Å². The summed E-state index contributed by atoms with van der Waals surface area (Å²) in [6, 6.07) is 10.3. The molecule has 0 aromatic heterocycles. The summed E-state index contributed by atoms with van der Waals surface area (Å²) >= 11 is 0. The Balaban J connectivity index is 1.96. The fourth-order valence-electron chi connectivity index (χ4n) is 3.04. The molecule has 1 aromatic carbocycles. The van der Waals surface area contributed by atoms with E-state index in [9.17, 15) is 4.79 Å². The quantitative estimate of drug-likeness (QED) is 0.790. The average Bonchev–Trinajstić information content (AvgIpc) is 2.81. The van der Waals surface area contributed by atoms with E-state index in [4.69, 9.17) is 4.74 Å². The van der Waals surface area contributed by atoms with E-state index in [1.165, 1.54) is 5.56 Å². The van der Waals surface area contributed by atoms with Crippen molar-refractivity contribution in [3.05, 3.63) is 47.2 Å². The van der Waals surface area contributed by atoms with Gasteiger partial charge in [-0.1, -0.05) is 37.3 Å². The number of ketones is 1. The molecule has 1 atom stereocenters. The number of rotatable bonds is 2. The van der Waals surface area contributed by atoms with Gasteiger partial charge >= 0.3 is 0 Å². The van der Waals surface area contributed by atoms with Gasteiger partial charge in [-0.05, 0) is 18.4 Å². The maximum atomic E-state index is 12.0. The van der Waals surface area contributed by atoms with Crippen molar-refractivity contribution in [3.8, 4) is 0 Å². The summed E-state index contributed by atoms with van der Waals surface area (Å²) in [5.74, 6) is 1.25. The summed E-state index contributed by atoms with van der Waals surface area (Å²) in [7, 11) is 0. The highest BCUT2D eigenvalue weighted by atomic mass is 16.5. The fraction of sp³-hybridized carbons (Fsp3) is 0.438. The van der Waals surface area contributed by atoms with E-state index in [1.54, 1.807) is 0 Å². The molecule has 2 nitrogen and oxygen atoms in total. The van der Waals surface area contributed by atoms with E-state index in [0.717, 1.165) is 37.0 Å². The van der Waals surface area contributed by atoms with E-state index < -0.39 is 0 Å². The zero-order valence-corrected chi connectivity index (χ0v) is 10.7. The SMILES string of the molecule is CCC1(c2ccccc2)CC2=C(CCCC2=O)O1. The van der Waals surface area contributed by atoms with Crippen molar-refractivity contribution in [3.63, 3.8) is 0 Å². The van der Waals surface area contributed by atoms with Gasteiger partial charge in [0.05, 0.1) is 0 Å². The second-order valence-electron chi connectivity index (χ2n) is 5.17. The Morgan fingerprint density at radius 3 is 2.67 bits per heavy atom. The Labute approximate surface area is 108 Å². The molecule has 0 spiro atoms. The molecule has 2 aliphatic rings. The number of carbonyl (C=O) groups excluding carboxylic acids is 1. The van der Waals surface area contributed by atoms with Crippen molar-refractivity contribution in [2.45, 2.75) is 44.6 Å². The third-order valence-corrected chi connectivity index (χ3v) is 4.13. The highest BCUT2D eigenvalue weighted by Gasteiger charge is 2.43. The van der Waals surface area contributed by atoms with Crippen molar-refractivity contribution in [2.24, 2.45) is 0 Å². The molecular formula is C16H18O2. The monoisotopic (exact) mass is 242 g/mol. The van der Waals surface area contributed by atoms with Gasteiger partial charge in [-0.3, -0.25) is 4.79 Å². The number of hydrogen-bond donors (Lipinski definition) is 0. The number of benzene rings is 1. The first-order chi connectivity index (χ1) is 8.75. The van der Waals surface area contributed by atoms with Gasteiger partial charge in [0.2, 0.25) is 0 Å². The van der Waals surface area contributed by atoms with Crippen LogP contribution >= 0.6 is 0 Å². The van der Waals surface area contributed by atoms with E-state index >= 15 is 0 Å². The maximum Gasteiger partial charge on any atom is 0.162 e. The van der Waals surface area contributed by atoms with Crippen LogP contribution in [-0.4, -0.2) is 5.78 Å². The molecule has 0 radical (unpaired) electrons. The Kier molecular flexibility index (Phi) is 2.73. The molecule has 0 saturated carbocycles. The van der Waals surface area contributed by atoms with Crippen LogP contribution in [-0.2, 0) is 15.1 Å². The standard InChI is InChI=1S/C16H18O2/c1-2-16(12-7-4-3-5-8-12)11-13-14(17)9-6-10-15(13)18-16/h3-5,7-8H,2,6,9-11H2,1H3. The van der Waals surface area contributed by atoms with E-state index in [-0.39, 0.29) is 5.60 Å². The molecule has 0 fully saturated rings. The van der Waals surface area contributed by atoms with Crippen molar-refractivity contribution in [1.82, 2.24) is 0 Å². The minimum atomic E-state index is -0.300. The fourth-order valence-corrected chi connectivity index (χ4v) is 3.04. The first kappa shape index (κ1) is 11.5. The van der Waals surface area contributed by atoms with Crippen LogP contribution in [0.5, 0.6) is 0 Å². The maximum absolute atomic E-state index is 12.0. The molecule has 94 valence electrons. The summed E-state index contributed by atoms with van der Waals surface area (Å²) in [6.45, 7) is 2.13. The van der Waals surface area contributed by atoms with Gasteiger partial charge in [-0.15, -0.1) is 0 Å². The molecule has 0 N–H and O–H groups in total. The Bertz CT molecular complexity index is 501. The topological polar surface area (TPSA) is 26.3 Å². The molecule has 0 bridgehead atoms. The average molecular weight is 242 g/mol. The van der Waals surface area contributed by atoms with Crippen molar-refractivity contribution in [2.75, 3.05) is 0 Å². The van der Waals surface area contributed by atoms with Gasteiger partial charge in [-0.25, -0.2) is 0 Å². The number of Topliss-reactive ketones (excluding diaryl/α,β-unsaturated/α-hetero) is 1. The molecule has 1 aliphatic carbocycles. The predicted octanol–water partition coefficient (Wildman–Crippen LogP) is 3.72. The molecule has 1 aliphatic heterocycles. The van der Waals surface area contributed by atoms with Gasteiger partial charge in [-0.2, -0.15) is 0 Å². The summed E-state index contributed by atoms with van der Waals surface area (Å²) in [4.78, 5) is 12.0. The molecule has 0 amide bonds. The molecule has 0 saturated heterocycles. The lowest BCUT2D eigenvalue weighted by molar-refractivity contribution is -0.116. The minimum absolute atomic E-state index is 0.294. The lowest BCUT2D eigenvalue weighted by atomic mass is 9.84. The smallest absolute Gasteiger partial charge is 0.162 e. The van der Waals surface area contributed by atoms with Gasteiger partial charge < -0.3 is 4.74 Å². The van der Waals surface area contributed by atoms with Gasteiger partial charge in [0.15, 0.2) is 5.78 Å². The van der Waals surface area contributed by atoms with Gasteiger partial charge in [0, 0.05) is 24.8 Å². The van der Waals surface area contributed by atoms with Crippen LogP contribution in [0.2, 0.25) is 0 Å². The molecule has 1 aromatic rings. The summed E-state index contributed by atoms with van der Waals surface area (Å²) in [5.41, 5.74) is 1.84. The number of hydrogen-bond acceptors (Lipinski definition) is 2. The van der Waals surface area contributed by atoms with Crippen LogP contribution in [0.1, 0.15) is 44.6 Å². The summed E-state index contributed by atoms with van der Waals surface area (Å²) in [6.07, 6.45) is 4.21. The first-order valence-electron chi connectivity index (χ1n) is 6.75. The van der Waals surface area contributed by atoms with Crippen LogP contribution < -0.4 is 0 Å². The van der Waals surface area contributed by atoms with Crippen LogP contribution in [0.4, 0.5) is 0 Å². The van der Waals surface area contributed by atoms with Crippen molar-refractivity contribution in [1.29, 1.82) is 0 Å². The molecule has 18 heavy (non-hydrogen) atoms. The lowest BCUT2D eigenvalue weighted by Gasteiger charge is -2.29. The molecular weight excluding hydrogens is 224 g/mol.